The average molecular weight is 270 g/mol. The molecule has 0 bridgehead atoms. The average Bonchev–Trinajstić information content (AvgIpc) is 2.85. The van der Waals surface area contributed by atoms with Crippen LogP contribution in [-0.4, -0.2) is 14.6 Å². The van der Waals surface area contributed by atoms with Gasteiger partial charge in [0, 0.05) is 12.7 Å². The number of benzene rings is 1. The first-order chi connectivity index (χ1) is 9.74. The van der Waals surface area contributed by atoms with Crippen molar-refractivity contribution in [1.82, 2.24) is 19.9 Å². The maximum absolute atomic E-state index is 13.0. The topological polar surface area (TPSA) is 42.2 Å². The fraction of sp³-hybridized carbons (Fsp3) is 0.200. The summed E-state index contributed by atoms with van der Waals surface area (Å²) < 4.78 is 15.0. The largest absolute Gasteiger partial charge is 0.306 e. The Kier molecular flexibility index (Phi) is 3.43. The molecule has 0 atom stereocenters. The van der Waals surface area contributed by atoms with E-state index >= 15 is 0 Å². The van der Waals surface area contributed by atoms with Gasteiger partial charge in [0.25, 0.3) is 0 Å². The quantitative estimate of drug-likeness (QED) is 0.792. The Bertz CT molecular complexity index is 736. The van der Waals surface area contributed by atoms with Gasteiger partial charge in [-0.15, -0.1) is 10.2 Å². The van der Waals surface area contributed by atoms with Crippen molar-refractivity contribution in [2.24, 2.45) is 0 Å². The van der Waals surface area contributed by atoms with Crippen LogP contribution in [0.2, 0.25) is 0 Å². The van der Waals surface area contributed by atoms with Crippen LogP contribution in [0.4, 0.5) is 4.39 Å². The Morgan fingerprint density at radius 1 is 1.15 bits per heavy atom. The van der Waals surface area contributed by atoms with Crippen molar-refractivity contribution in [3.63, 3.8) is 0 Å². The van der Waals surface area contributed by atoms with E-state index in [0.29, 0.717) is 13.1 Å². The van der Waals surface area contributed by atoms with E-state index < -0.39 is 0 Å². The highest BCUT2D eigenvalue weighted by molar-refractivity contribution is 5.37. The molecule has 3 rings (SSSR count). The SMILES string of the molecule is Cc1cc(F)ccc1CNCc1nnc2ccccn12. The third kappa shape index (κ3) is 2.53. The van der Waals surface area contributed by atoms with Crippen molar-refractivity contribution >= 4 is 5.65 Å². The predicted molar refractivity (Wildman–Crippen MR) is 74.7 cm³/mol. The Morgan fingerprint density at radius 3 is 2.90 bits per heavy atom. The van der Waals surface area contributed by atoms with E-state index in [0.717, 1.165) is 22.6 Å². The van der Waals surface area contributed by atoms with Gasteiger partial charge >= 0.3 is 0 Å². The number of pyridine rings is 1. The first-order valence-electron chi connectivity index (χ1n) is 6.48. The molecule has 0 saturated carbocycles. The molecule has 2 aromatic heterocycles. The molecule has 3 aromatic rings. The van der Waals surface area contributed by atoms with E-state index in [1.165, 1.54) is 6.07 Å². The van der Waals surface area contributed by atoms with Crippen LogP contribution in [0.3, 0.4) is 0 Å². The van der Waals surface area contributed by atoms with Crippen molar-refractivity contribution in [2.45, 2.75) is 20.0 Å². The molecular formula is C15H15FN4. The second-order valence-electron chi connectivity index (χ2n) is 4.72. The summed E-state index contributed by atoms with van der Waals surface area (Å²) >= 11 is 0. The fourth-order valence-electron chi connectivity index (χ4n) is 2.18. The van der Waals surface area contributed by atoms with Gasteiger partial charge in [0.05, 0.1) is 6.54 Å². The van der Waals surface area contributed by atoms with Gasteiger partial charge in [-0.2, -0.15) is 0 Å². The summed E-state index contributed by atoms with van der Waals surface area (Å²) in [6, 6.07) is 10.6. The number of aryl methyl sites for hydroxylation is 1. The number of rotatable bonds is 4. The molecule has 0 amide bonds. The highest BCUT2D eigenvalue weighted by Gasteiger charge is 2.04. The maximum Gasteiger partial charge on any atom is 0.160 e. The summed E-state index contributed by atoms with van der Waals surface area (Å²) in [6.45, 7) is 3.20. The Hall–Kier alpha value is -2.27. The number of fused-ring (bicyclic) bond motifs is 1. The lowest BCUT2D eigenvalue weighted by atomic mass is 10.1. The summed E-state index contributed by atoms with van der Waals surface area (Å²) in [4.78, 5) is 0. The minimum atomic E-state index is -0.199. The molecule has 0 unspecified atom stereocenters. The van der Waals surface area contributed by atoms with Gasteiger partial charge in [-0.3, -0.25) is 4.40 Å². The lowest BCUT2D eigenvalue weighted by Gasteiger charge is -2.07. The minimum absolute atomic E-state index is 0.199. The zero-order valence-electron chi connectivity index (χ0n) is 11.2. The number of nitrogens with one attached hydrogen (secondary N) is 1. The zero-order valence-corrected chi connectivity index (χ0v) is 11.2. The number of hydrogen-bond donors (Lipinski definition) is 1. The van der Waals surface area contributed by atoms with Crippen LogP contribution in [-0.2, 0) is 13.1 Å². The van der Waals surface area contributed by atoms with Crippen molar-refractivity contribution < 1.29 is 4.39 Å². The summed E-state index contributed by atoms with van der Waals surface area (Å²) in [5.41, 5.74) is 2.87. The van der Waals surface area contributed by atoms with E-state index in [4.69, 9.17) is 0 Å². The van der Waals surface area contributed by atoms with Crippen molar-refractivity contribution in [3.05, 3.63) is 65.4 Å². The third-order valence-corrected chi connectivity index (χ3v) is 3.29. The molecule has 0 fully saturated rings. The molecule has 0 aliphatic carbocycles. The minimum Gasteiger partial charge on any atom is -0.306 e. The molecular weight excluding hydrogens is 255 g/mol. The Labute approximate surface area is 116 Å². The molecule has 0 spiro atoms. The predicted octanol–water partition coefficient (Wildman–Crippen LogP) is 2.47. The number of halogens is 1. The molecule has 0 aliphatic rings. The highest BCUT2D eigenvalue weighted by atomic mass is 19.1. The van der Waals surface area contributed by atoms with Gasteiger partial charge in [0.15, 0.2) is 11.5 Å². The second kappa shape index (κ2) is 5.38. The standard InChI is InChI=1S/C15H15FN4/c1-11-8-13(16)6-5-12(11)9-17-10-15-19-18-14-4-2-3-7-20(14)15/h2-8,17H,9-10H2,1H3. The van der Waals surface area contributed by atoms with Crippen LogP contribution < -0.4 is 5.32 Å². The van der Waals surface area contributed by atoms with Crippen LogP contribution in [0.25, 0.3) is 5.65 Å². The molecule has 1 N–H and O–H groups in total. The summed E-state index contributed by atoms with van der Waals surface area (Å²) in [5.74, 6) is 0.662. The lowest BCUT2D eigenvalue weighted by molar-refractivity contribution is 0.620. The Balaban J connectivity index is 1.68. The summed E-state index contributed by atoms with van der Waals surface area (Å²) in [6.07, 6.45) is 1.94. The molecule has 20 heavy (non-hydrogen) atoms. The van der Waals surface area contributed by atoms with Crippen molar-refractivity contribution in [3.8, 4) is 0 Å². The van der Waals surface area contributed by atoms with E-state index in [2.05, 4.69) is 15.5 Å². The first kappa shape index (κ1) is 12.7. The fourth-order valence-corrected chi connectivity index (χ4v) is 2.18. The molecule has 102 valence electrons. The molecule has 4 nitrogen and oxygen atoms in total. The molecule has 0 saturated heterocycles. The van der Waals surface area contributed by atoms with E-state index in [9.17, 15) is 4.39 Å². The number of nitrogens with zero attached hydrogens (tertiary/aromatic N) is 3. The van der Waals surface area contributed by atoms with Crippen molar-refractivity contribution in [2.75, 3.05) is 0 Å². The number of hydrogen-bond acceptors (Lipinski definition) is 3. The maximum atomic E-state index is 13.0. The molecule has 5 heteroatoms. The van der Waals surface area contributed by atoms with Crippen LogP contribution in [0.1, 0.15) is 17.0 Å². The molecule has 0 radical (unpaired) electrons. The number of aromatic nitrogens is 3. The van der Waals surface area contributed by atoms with Gasteiger partial charge in [-0.25, -0.2) is 4.39 Å². The Morgan fingerprint density at radius 2 is 2.05 bits per heavy atom. The van der Waals surface area contributed by atoms with E-state index in [1.54, 1.807) is 12.1 Å². The first-order valence-corrected chi connectivity index (χ1v) is 6.48. The van der Waals surface area contributed by atoms with Crippen LogP contribution in [0.5, 0.6) is 0 Å². The van der Waals surface area contributed by atoms with Gasteiger partial charge in [0.1, 0.15) is 5.82 Å². The van der Waals surface area contributed by atoms with Crippen LogP contribution in [0.15, 0.2) is 42.6 Å². The lowest BCUT2D eigenvalue weighted by Crippen LogP contribution is -2.15. The smallest absolute Gasteiger partial charge is 0.160 e. The molecule has 1 aromatic carbocycles. The summed E-state index contributed by atoms with van der Waals surface area (Å²) in [7, 11) is 0. The molecule has 0 aliphatic heterocycles. The highest BCUT2D eigenvalue weighted by Crippen LogP contribution is 2.10. The molecule has 2 heterocycles. The van der Waals surface area contributed by atoms with Gasteiger partial charge < -0.3 is 5.32 Å². The normalized spacial score (nSPS) is 11.1. The monoisotopic (exact) mass is 270 g/mol. The van der Waals surface area contributed by atoms with Crippen LogP contribution in [0, 0.1) is 12.7 Å². The second-order valence-corrected chi connectivity index (χ2v) is 4.72. The zero-order chi connectivity index (χ0) is 13.9. The van der Waals surface area contributed by atoms with Gasteiger partial charge in [-0.1, -0.05) is 12.1 Å². The summed E-state index contributed by atoms with van der Waals surface area (Å²) in [5, 5.41) is 11.6. The third-order valence-electron chi connectivity index (χ3n) is 3.29. The van der Waals surface area contributed by atoms with Crippen LogP contribution >= 0.6 is 0 Å². The van der Waals surface area contributed by atoms with E-state index in [1.807, 2.05) is 35.7 Å². The van der Waals surface area contributed by atoms with Crippen molar-refractivity contribution in [1.29, 1.82) is 0 Å². The van der Waals surface area contributed by atoms with Gasteiger partial charge in [-0.05, 0) is 42.3 Å². The van der Waals surface area contributed by atoms with E-state index in [-0.39, 0.29) is 5.82 Å². The van der Waals surface area contributed by atoms with Gasteiger partial charge in [0.2, 0.25) is 0 Å².